The molecule has 2 nitrogen and oxygen atoms in total. The van der Waals surface area contributed by atoms with Crippen LogP contribution in [0.4, 0.5) is 0 Å². The van der Waals surface area contributed by atoms with Crippen molar-refractivity contribution in [1.82, 2.24) is 0 Å². The molecular weight excluding hydrogens is 315 g/mol. The van der Waals surface area contributed by atoms with Crippen LogP contribution >= 0.6 is 7.92 Å². The molecule has 3 heteroatoms. The van der Waals surface area contributed by atoms with E-state index in [-0.39, 0.29) is 5.41 Å². The summed E-state index contributed by atoms with van der Waals surface area (Å²) in [5, 5.41) is 2.79. The summed E-state index contributed by atoms with van der Waals surface area (Å²) < 4.78 is 11.2. The average molecular weight is 344 g/mol. The van der Waals surface area contributed by atoms with E-state index >= 15 is 0 Å². The maximum Gasteiger partial charge on any atom is 0.119 e. The third-order valence-electron chi connectivity index (χ3n) is 3.55. The highest BCUT2D eigenvalue weighted by Gasteiger charge is 2.21. The lowest BCUT2D eigenvalue weighted by Crippen LogP contribution is -2.21. The van der Waals surface area contributed by atoms with Gasteiger partial charge >= 0.3 is 0 Å². The molecule has 0 fully saturated rings. The lowest BCUT2D eigenvalue weighted by molar-refractivity contribution is 0.340. The lowest BCUT2D eigenvalue weighted by atomic mass is 10.0. The number of hydrogen-bond acceptors (Lipinski definition) is 2. The smallest absolute Gasteiger partial charge is 0.119 e. The first-order chi connectivity index (χ1) is 11.4. The molecule has 2 rings (SSSR count). The fourth-order valence-corrected chi connectivity index (χ4v) is 5.21. The first kappa shape index (κ1) is 18.8. The highest BCUT2D eigenvalue weighted by atomic mass is 31.1. The summed E-state index contributed by atoms with van der Waals surface area (Å²) in [6.45, 7) is 12.4. The summed E-state index contributed by atoms with van der Waals surface area (Å²) in [5.74, 6) is 1.89. The van der Waals surface area contributed by atoms with Gasteiger partial charge in [0.15, 0.2) is 0 Å². The van der Waals surface area contributed by atoms with Gasteiger partial charge in [-0.15, -0.1) is 0 Å². The van der Waals surface area contributed by atoms with Crippen molar-refractivity contribution in [2.75, 3.05) is 19.4 Å². The normalized spacial score (nSPS) is 11.6. The van der Waals surface area contributed by atoms with Gasteiger partial charge in [-0.3, -0.25) is 0 Å². The molecule has 0 radical (unpaired) electrons. The van der Waals surface area contributed by atoms with E-state index in [1.54, 1.807) is 0 Å². The predicted molar refractivity (Wildman–Crippen MR) is 106 cm³/mol. The fourth-order valence-electron chi connectivity index (χ4n) is 2.58. The molecule has 0 N–H and O–H groups in total. The van der Waals surface area contributed by atoms with Crippen molar-refractivity contribution in [3.63, 3.8) is 0 Å². The Hall–Kier alpha value is -1.53. The van der Waals surface area contributed by atoms with Crippen LogP contribution in [0.3, 0.4) is 0 Å². The Balaban J connectivity index is 2.30. The molecule has 2 aromatic rings. The quantitative estimate of drug-likeness (QED) is 0.661. The Kier molecular flexibility index (Phi) is 6.69. The molecular formula is C21H29O2P. The Morgan fingerprint density at radius 2 is 1.08 bits per heavy atom. The van der Waals surface area contributed by atoms with E-state index in [1.165, 1.54) is 10.6 Å². The first-order valence-electron chi connectivity index (χ1n) is 8.66. The van der Waals surface area contributed by atoms with Crippen molar-refractivity contribution >= 4 is 18.5 Å². The maximum absolute atomic E-state index is 5.58. The van der Waals surface area contributed by atoms with Crippen LogP contribution in [0.25, 0.3) is 0 Å². The Labute approximate surface area is 147 Å². The van der Waals surface area contributed by atoms with Crippen LogP contribution in [-0.4, -0.2) is 19.4 Å². The van der Waals surface area contributed by atoms with Gasteiger partial charge in [0.05, 0.1) is 13.2 Å². The highest BCUT2D eigenvalue weighted by Crippen LogP contribution is 2.40. The maximum atomic E-state index is 5.58. The molecule has 2 aromatic carbocycles. The van der Waals surface area contributed by atoms with Gasteiger partial charge < -0.3 is 9.47 Å². The van der Waals surface area contributed by atoms with Crippen molar-refractivity contribution in [3.05, 3.63) is 48.5 Å². The molecule has 0 bridgehead atoms. The summed E-state index contributed by atoms with van der Waals surface area (Å²) in [6.07, 6.45) is 1.16. The second-order valence-electron chi connectivity index (χ2n) is 7.00. The zero-order valence-electron chi connectivity index (χ0n) is 15.5. The summed E-state index contributed by atoms with van der Waals surface area (Å²) in [7, 11) is -0.393. The van der Waals surface area contributed by atoms with Gasteiger partial charge in [0.2, 0.25) is 0 Å². The second kappa shape index (κ2) is 8.53. The number of ether oxygens (including phenoxy) is 2. The van der Waals surface area contributed by atoms with Crippen LogP contribution in [0, 0.1) is 5.41 Å². The van der Waals surface area contributed by atoms with E-state index in [0.29, 0.717) is 13.2 Å². The van der Waals surface area contributed by atoms with Gasteiger partial charge in [0.25, 0.3) is 0 Å². The minimum atomic E-state index is -0.393. The Morgan fingerprint density at radius 3 is 1.38 bits per heavy atom. The first-order valence-corrected chi connectivity index (χ1v) is 10.2. The number of benzene rings is 2. The molecule has 0 aromatic heterocycles. The third-order valence-corrected chi connectivity index (χ3v) is 6.66. The summed E-state index contributed by atoms with van der Waals surface area (Å²) in [6, 6.07) is 17.2. The monoisotopic (exact) mass is 344 g/mol. The topological polar surface area (TPSA) is 18.5 Å². The van der Waals surface area contributed by atoms with E-state index in [2.05, 4.69) is 69.3 Å². The highest BCUT2D eigenvalue weighted by molar-refractivity contribution is 7.73. The van der Waals surface area contributed by atoms with Crippen LogP contribution < -0.4 is 20.1 Å². The van der Waals surface area contributed by atoms with Crippen LogP contribution in [0.1, 0.15) is 34.6 Å². The van der Waals surface area contributed by atoms with Gasteiger partial charge in [-0.1, -0.05) is 45.0 Å². The average Bonchev–Trinajstić information content (AvgIpc) is 2.54. The van der Waals surface area contributed by atoms with E-state index in [4.69, 9.17) is 9.47 Å². The van der Waals surface area contributed by atoms with Crippen molar-refractivity contribution in [1.29, 1.82) is 0 Å². The van der Waals surface area contributed by atoms with Gasteiger partial charge in [-0.25, -0.2) is 0 Å². The SMILES string of the molecule is CCOc1ccc(P(CC(C)(C)C)c2ccc(OCC)cc2)cc1. The second-order valence-corrected chi connectivity index (χ2v) is 9.21. The van der Waals surface area contributed by atoms with Crippen LogP contribution in [0.2, 0.25) is 0 Å². The minimum Gasteiger partial charge on any atom is -0.494 e. The van der Waals surface area contributed by atoms with Gasteiger partial charge in [0.1, 0.15) is 11.5 Å². The summed E-state index contributed by atoms with van der Waals surface area (Å²) in [4.78, 5) is 0. The summed E-state index contributed by atoms with van der Waals surface area (Å²) in [5.41, 5.74) is 0.281. The molecule has 0 amide bonds. The van der Waals surface area contributed by atoms with Gasteiger partial charge in [-0.05, 0) is 68.2 Å². The third kappa shape index (κ3) is 5.53. The molecule has 130 valence electrons. The molecule has 24 heavy (non-hydrogen) atoms. The molecule has 0 aliphatic heterocycles. The number of hydrogen-bond donors (Lipinski definition) is 0. The molecule has 0 saturated carbocycles. The van der Waals surface area contributed by atoms with Crippen LogP contribution in [0.5, 0.6) is 11.5 Å². The molecule has 0 saturated heterocycles. The van der Waals surface area contributed by atoms with Crippen LogP contribution in [-0.2, 0) is 0 Å². The molecule has 0 heterocycles. The molecule has 0 spiro atoms. The predicted octanol–water partition coefficient (Wildman–Crippen LogP) is 4.96. The number of rotatable bonds is 7. The Morgan fingerprint density at radius 1 is 0.708 bits per heavy atom. The molecule has 0 aliphatic carbocycles. The Bertz CT molecular complexity index is 562. The fraction of sp³-hybridized carbons (Fsp3) is 0.429. The molecule has 0 aliphatic rings. The van der Waals surface area contributed by atoms with E-state index in [9.17, 15) is 0 Å². The standard InChI is InChI=1S/C21H29O2P/c1-6-22-17-8-12-19(13-9-17)24(16-21(3,4)5)20-14-10-18(11-15-20)23-7-2/h8-15H,6-7,16H2,1-5H3. The van der Waals surface area contributed by atoms with Crippen molar-refractivity contribution < 1.29 is 9.47 Å². The van der Waals surface area contributed by atoms with E-state index in [0.717, 1.165) is 17.7 Å². The van der Waals surface area contributed by atoms with Crippen molar-refractivity contribution in [2.45, 2.75) is 34.6 Å². The lowest BCUT2D eigenvalue weighted by Gasteiger charge is -2.27. The molecule has 0 atom stereocenters. The molecule has 0 unspecified atom stereocenters. The largest absolute Gasteiger partial charge is 0.494 e. The van der Waals surface area contributed by atoms with E-state index in [1.807, 2.05) is 13.8 Å². The van der Waals surface area contributed by atoms with E-state index < -0.39 is 7.92 Å². The van der Waals surface area contributed by atoms with Gasteiger partial charge in [0, 0.05) is 0 Å². The van der Waals surface area contributed by atoms with Gasteiger partial charge in [-0.2, -0.15) is 0 Å². The zero-order valence-corrected chi connectivity index (χ0v) is 16.4. The van der Waals surface area contributed by atoms with Crippen molar-refractivity contribution in [2.24, 2.45) is 5.41 Å². The van der Waals surface area contributed by atoms with Crippen LogP contribution in [0.15, 0.2) is 48.5 Å². The van der Waals surface area contributed by atoms with Crippen molar-refractivity contribution in [3.8, 4) is 11.5 Å². The summed E-state index contributed by atoms with van der Waals surface area (Å²) >= 11 is 0. The minimum absolute atomic E-state index is 0.281. The zero-order chi connectivity index (χ0) is 17.6.